The van der Waals surface area contributed by atoms with Crippen LogP contribution in [0.2, 0.25) is 0 Å². The van der Waals surface area contributed by atoms with E-state index in [1.54, 1.807) is 30.3 Å². The van der Waals surface area contributed by atoms with Crippen molar-refractivity contribution in [1.82, 2.24) is 0 Å². The second-order valence-corrected chi connectivity index (χ2v) is 8.84. The van der Waals surface area contributed by atoms with Gasteiger partial charge in [-0.05, 0) is 29.2 Å². The van der Waals surface area contributed by atoms with E-state index in [2.05, 4.69) is 0 Å². The van der Waals surface area contributed by atoms with E-state index in [9.17, 15) is 19.1 Å². The Hall–Kier alpha value is -3.50. The molecule has 0 spiro atoms. The van der Waals surface area contributed by atoms with Crippen LogP contribution in [0.5, 0.6) is 5.75 Å². The molecule has 0 amide bonds. The maximum absolute atomic E-state index is 13.7. The molecule has 33 heavy (non-hydrogen) atoms. The summed E-state index contributed by atoms with van der Waals surface area (Å²) < 4.78 is 16.8. The van der Waals surface area contributed by atoms with Crippen LogP contribution in [0.4, 0.5) is 0 Å². The smallest absolute Gasteiger partial charge is 0.404 e. The highest BCUT2D eigenvalue weighted by molar-refractivity contribution is 7.46. The van der Waals surface area contributed by atoms with Gasteiger partial charge in [-0.25, -0.2) is 4.57 Å². The third-order valence-corrected chi connectivity index (χ3v) is 5.73. The number of hydrogen-bond donors (Lipinski definition) is 2. The van der Waals surface area contributed by atoms with E-state index in [4.69, 9.17) is 4.52 Å². The van der Waals surface area contributed by atoms with E-state index in [1.165, 1.54) is 6.07 Å². The Morgan fingerprint density at radius 2 is 1.21 bits per heavy atom. The van der Waals surface area contributed by atoms with Crippen LogP contribution in [0.1, 0.15) is 38.2 Å². The maximum Gasteiger partial charge on any atom is 0.524 e. The van der Waals surface area contributed by atoms with Gasteiger partial charge in [-0.2, -0.15) is 0 Å². The van der Waals surface area contributed by atoms with E-state index in [0.29, 0.717) is 23.1 Å². The van der Waals surface area contributed by atoms with Crippen LogP contribution in [0.3, 0.4) is 0 Å². The molecule has 0 aliphatic carbocycles. The highest BCUT2D eigenvalue weighted by Crippen LogP contribution is 2.42. The number of rotatable bonds is 8. The summed E-state index contributed by atoms with van der Waals surface area (Å²) in [5, 5.41) is 0. The number of benzene rings is 4. The third-order valence-electron chi connectivity index (χ3n) is 5.30. The second kappa shape index (κ2) is 9.97. The normalized spacial score (nSPS) is 11.2. The first-order valence-corrected chi connectivity index (χ1v) is 12.0. The molecular formula is C27H23O5P. The molecule has 0 heterocycles. The summed E-state index contributed by atoms with van der Waals surface area (Å²) in [6, 6.07) is 31.3. The fourth-order valence-electron chi connectivity index (χ4n) is 3.85. The molecule has 0 unspecified atom stereocenters. The Balaban J connectivity index is 1.92. The van der Waals surface area contributed by atoms with Crippen LogP contribution >= 0.6 is 7.82 Å². The molecule has 0 aliphatic rings. The number of ketones is 1. The van der Waals surface area contributed by atoms with E-state index < -0.39 is 7.82 Å². The first-order valence-electron chi connectivity index (χ1n) is 10.5. The maximum atomic E-state index is 13.7. The van der Waals surface area contributed by atoms with E-state index in [0.717, 1.165) is 16.7 Å². The van der Waals surface area contributed by atoms with Crippen molar-refractivity contribution in [2.45, 2.75) is 12.8 Å². The molecule has 6 heteroatoms. The molecule has 166 valence electrons. The van der Waals surface area contributed by atoms with Gasteiger partial charge in [0.25, 0.3) is 0 Å². The fraction of sp³-hybridized carbons (Fsp3) is 0.0741. The van der Waals surface area contributed by atoms with E-state index >= 15 is 0 Å². The molecule has 0 atom stereocenters. The Morgan fingerprint density at radius 3 is 1.76 bits per heavy atom. The number of carbonyl (C=O) groups excluding carboxylic acids is 1. The lowest BCUT2D eigenvalue weighted by molar-refractivity contribution is 0.103. The van der Waals surface area contributed by atoms with Crippen LogP contribution in [0.25, 0.3) is 0 Å². The number of carbonyl (C=O) groups is 1. The van der Waals surface area contributed by atoms with Gasteiger partial charge in [0, 0.05) is 23.1 Å². The lowest BCUT2D eigenvalue weighted by Gasteiger charge is -2.19. The summed E-state index contributed by atoms with van der Waals surface area (Å²) in [7, 11) is -4.83. The van der Waals surface area contributed by atoms with Gasteiger partial charge in [0.05, 0.1) is 0 Å². The summed E-state index contributed by atoms with van der Waals surface area (Å²) in [6.45, 7) is 0. The summed E-state index contributed by atoms with van der Waals surface area (Å²) in [6.07, 6.45) is 0.777. The predicted molar refractivity (Wildman–Crippen MR) is 127 cm³/mol. The van der Waals surface area contributed by atoms with Crippen molar-refractivity contribution >= 4 is 13.6 Å². The molecule has 4 aromatic carbocycles. The molecular weight excluding hydrogens is 435 g/mol. The van der Waals surface area contributed by atoms with Crippen molar-refractivity contribution in [3.63, 3.8) is 0 Å². The Bertz CT molecular complexity index is 1280. The van der Waals surface area contributed by atoms with Crippen LogP contribution in [-0.4, -0.2) is 15.6 Å². The first kappa shape index (κ1) is 22.7. The van der Waals surface area contributed by atoms with Gasteiger partial charge in [0.15, 0.2) is 5.78 Å². The summed E-state index contributed by atoms with van der Waals surface area (Å²) >= 11 is 0. The average molecular weight is 458 g/mol. The van der Waals surface area contributed by atoms with Crippen molar-refractivity contribution < 1.29 is 23.7 Å². The molecule has 0 aliphatic heterocycles. The molecule has 0 saturated carbocycles. The highest BCUT2D eigenvalue weighted by Gasteiger charge is 2.26. The highest BCUT2D eigenvalue weighted by atomic mass is 31.2. The molecule has 5 nitrogen and oxygen atoms in total. The summed E-state index contributed by atoms with van der Waals surface area (Å²) in [4.78, 5) is 32.8. The number of hydrogen-bond acceptors (Lipinski definition) is 3. The third kappa shape index (κ3) is 5.85. The summed E-state index contributed by atoms with van der Waals surface area (Å²) in [5.74, 6) is -0.216. The van der Waals surface area contributed by atoms with Gasteiger partial charge in [-0.15, -0.1) is 0 Å². The van der Waals surface area contributed by atoms with E-state index in [-0.39, 0.29) is 18.0 Å². The summed E-state index contributed by atoms with van der Waals surface area (Å²) in [5.41, 5.74) is 4.03. The number of phosphoric ester groups is 1. The Kier molecular flexibility index (Phi) is 6.85. The molecule has 0 bridgehead atoms. The SMILES string of the molecule is O=C(c1ccccc1)c1c(Cc2ccccc2)ccc(OP(=O)(O)O)c1Cc1ccccc1. The largest absolute Gasteiger partial charge is 0.524 e. The van der Waals surface area contributed by atoms with Crippen LogP contribution in [0, 0.1) is 0 Å². The van der Waals surface area contributed by atoms with Gasteiger partial charge < -0.3 is 4.52 Å². The van der Waals surface area contributed by atoms with Gasteiger partial charge in [-0.3, -0.25) is 14.6 Å². The van der Waals surface area contributed by atoms with Gasteiger partial charge >= 0.3 is 7.82 Å². The van der Waals surface area contributed by atoms with Gasteiger partial charge in [-0.1, -0.05) is 97.1 Å². The van der Waals surface area contributed by atoms with Crippen molar-refractivity contribution in [2.75, 3.05) is 0 Å². The van der Waals surface area contributed by atoms with Crippen molar-refractivity contribution in [1.29, 1.82) is 0 Å². The second-order valence-electron chi connectivity index (χ2n) is 7.68. The lowest BCUT2D eigenvalue weighted by atomic mass is 9.87. The minimum atomic E-state index is -4.83. The standard InChI is InChI=1S/C27H23O5P/c28-27(22-14-8-3-9-15-22)26-23(18-20-10-4-1-5-11-20)16-17-25(32-33(29,30)31)24(26)19-21-12-6-2-7-13-21/h1-17H,18-19H2,(H2,29,30,31). The number of phosphoric acid groups is 1. The quantitative estimate of drug-likeness (QED) is 0.266. The fourth-order valence-corrected chi connectivity index (χ4v) is 4.27. The molecule has 4 rings (SSSR count). The van der Waals surface area contributed by atoms with Crippen LogP contribution in [0.15, 0.2) is 103 Å². The molecule has 0 saturated heterocycles. The molecule has 2 N–H and O–H groups in total. The molecule has 0 aromatic heterocycles. The minimum absolute atomic E-state index is 0.00304. The Morgan fingerprint density at radius 1 is 0.697 bits per heavy atom. The first-order chi connectivity index (χ1) is 15.9. The van der Waals surface area contributed by atoms with Gasteiger partial charge in [0.2, 0.25) is 0 Å². The molecule has 0 radical (unpaired) electrons. The Labute approximate surface area is 192 Å². The van der Waals surface area contributed by atoms with Crippen molar-refractivity contribution in [3.8, 4) is 5.75 Å². The predicted octanol–water partition coefficient (Wildman–Crippen LogP) is 5.57. The van der Waals surface area contributed by atoms with Crippen molar-refractivity contribution in [3.05, 3.63) is 137 Å². The van der Waals surface area contributed by atoms with E-state index in [1.807, 2.05) is 66.7 Å². The lowest BCUT2D eigenvalue weighted by Crippen LogP contribution is -2.12. The van der Waals surface area contributed by atoms with Crippen molar-refractivity contribution in [2.24, 2.45) is 0 Å². The zero-order chi connectivity index (χ0) is 23.3. The topological polar surface area (TPSA) is 83.8 Å². The zero-order valence-electron chi connectivity index (χ0n) is 17.8. The van der Waals surface area contributed by atoms with Crippen LogP contribution in [-0.2, 0) is 17.4 Å². The van der Waals surface area contributed by atoms with Gasteiger partial charge in [0.1, 0.15) is 5.75 Å². The molecule has 0 fully saturated rings. The average Bonchev–Trinajstić information content (AvgIpc) is 2.81. The molecule has 4 aromatic rings. The minimum Gasteiger partial charge on any atom is -0.404 e. The monoisotopic (exact) mass is 458 g/mol. The van der Waals surface area contributed by atoms with Crippen LogP contribution < -0.4 is 4.52 Å². The zero-order valence-corrected chi connectivity index (χ0v) is 18.7.